The molecule has 6 heteroatoms. The van der Waals surface area contributed by atoms with Crippen LogP contribution in [0.3, 0.4) is 0 Å². The number of ether oxygens (including phenoxy) is 3. The van der Waals surface area contributed by atoms with Crippen LogP contribution in [0.15, 0.2) is 12.2 Å². The Morgan fingerprint density at radius 3 is 0.649 bits per heavy atom. The molecule has 0 aromatic carbocycles. The molecule has 0 amide bonds. The van der Waals surface area contributed by atoms with Crippen molar-refractivity contribution in [1.29, 1.82) is 0 Å². The van der Waals surface area contributed by atoms with Crippen molar-refractivity contribution in [3.8, 4) is 0 Å². The maximum absolute atomic E-state index is 12.9. The summed E-state index contributed by atoms with van der Waals surface area (Å²) in [5, 5.41) is 0. The van der Waals surface area contributed by atoms with Crippen molar-refractivity contribution in [3.05, 3.63) is 12.2 Å². The van der Waals surface area contributed by atoms with Gasteiger partial charge in [0.2, 0.25) is 0 Å². The minimum absolute atomic E-state index is 0.0625. The standard InChI is InChI=1S/C71H136O6/c1-4-7-10-13-16-19-22-25-28-30-32-34-35-36-37-38-40-41-43-46-49-52-55-58-61-64-70(73)76-67-68(66-75-69(72)63-60-57-54-51-48-45-27-24-21-18-15-12-9-6-3)77-71(74)65-62-59-56-53-50-47-44-42-39-33-31-29-26-23-20-17-14-11-8-5-2/h30,32,68H,4-29,31,33-67H2,1-3H3/b32-30-. The molecule has 0 heterocycles. The Morgan fingerprint density at radius 2 is 0.429 bits per heavy atom. The topological polar surface area (TPSA) is 78.9 Å². The van der Waals surface area contributed by atoms with Crippen molar-refractivity contribution in [2.24, 2.45) is 0 Å². The number of hydrogen-bond acceptors (Lipinski definition) is 6. The predicted molar refractivity (Wildman–Crippen MR) is 335 cm³/mol. The number of unbranched alkanes of at least 4 members (excludes halogenated alkanes) is 53. The second-order valence-corrected chi connectivity index (χ2v) is 24.2. The van der Waals surface area contributed by atoms with E-state index in [2.05, 4.69) is 32.9 Å². The van der Waals surface area contributed by atoms with E-state index in [4.69, 9.17) is 14.2 Å². The van der Waals surface area contributed by atoms with Crippen LogP contribution in [-0.4, -0.2) is 37.2 Å². The van der Waals surface area contributed by atoms with Crippen molar-refractivity contribution < 1.29 is 28.6 Å². The highest BCUT2D eigenvalue weighted by Gasteiger charge is 2.19. The van der Waals surface area contributed by atoms with Crippen LogP contribution in [0.5, 0.6) is 0 Å². The van der Waals surface area contributed by atoms with E-state index in [1.165, 1.54) is 308 Å². The molecule has 0 aliphatic carbocycles. The van der Waals surface area contributed by atoms with Gasteiger partial charge in [0.25, 0.3) is 0 Å². The van der Waals surface area contributed by atoms with Crippen LogP contribution in [-0.2, 0) is 28.6 Å². The lowest BCUT2D eigenvalue weighted by molar-refractivity contribution is -0.167. The molecule has 0 N–H and O–H groups in total. The van der Waals surface area contributed by atoms with Crippen LogP contribution >= 0.6 is 0 Å². The Labute approximate surface area is 481 Å². The van der Waals surface area contributed by atoms with Gasteiger partial charge in [-0.2, -0.15) is 0 Å². The summed E-state index contributed by atoms with van der Waals surface area (Å²) in [5.74, 6) is -0.826. The predicted octanol–water partition coefficient (Wildman–Crippen LogP) is 24.0. The molecule has 0 bridgehead atoms. The molecule has 0 aliphatic heterocycles. The van der Waals surface area contributed by atoms with Gasteiger partial charge in [0.05, 0.1) is 0 Å². The first-order valence-electron chi connectivity index (χ1n) is 35.2. The summed E-state index contributed by atoms with van der Waals surface area (Å²) in [5.41, 5.74) is 0. The van der Waals surface area contributed by atoms with E-state index in [1.54, 1.807) is 0 Å². The molecule has 0 aromatic heterocycles. The molecule has 0 saturated carbocycles. The van der Waals surface area contributed by atoms with Gasteiger partial charge < -0.3 is 14.2 Å². The van der Waals surface area contributed by atoms with Gasteiger partial charge in [0, 0.05) is 19.3 Å². The number of rotatable bonds is 66. The second-order valence-electron chi connectivity index (χ2n) is 24.2. The van der Waals surface area contributed by atoms with Crippen molar-refractivity contribution >= 4 is 17.9 Å². The van der Waals surface area contributed by atoms with Crippen LogP contribution in [0.2, 0.25) is 0 Å². The van der Waals surface area contributed by atoms with Gasteiger partial charge in [-0.25, -0.2) is 0 Å². The maximum atomic E-state index is 12.9. The van der Waals surface area contributed by atoms with Gasteiger partial charge in [0.15, 0.2) is 6.10 Å². The van der Waals surface area contributed by atoms with Crippen LogP contribution in [0.4, 0.5) is 0 Å². The zero-order chi connectivity index (χ0) is 55.7. The van der Waals surface area contributed by atoms with Crippen LogP contribution in [0, 0.1) is 0 Å². The minimum atomic E-state index is -0.765. The summed E-state index contributed by atoms with van der Waals surface area (Å²) in [6.07, 6.45) is 79.5. The molecular weight excluding hydrogens is 949 g/mol. The molecule has 0 radical (unpaired) electrons. The van der Waals surface area contributed by atoms with Gasteiger partial charge in [0.1, 0.15) is 13.2 Å². The maximum Gasteiger partial charge on any atom is 0.306 e. The highest BCUT2D eigenvalue weighted by atomic mass is 16.6. The number of carbonyl (C=O) groups is 3. The molecule has 0 fully saturated rings. The van der Waals surface area contributed by atoms with Gasteiger partial charge >= 0.3 is 17.9 Å². The first kappa shape index (κ1) is 75.2. The average molecular weight is 1090 g/mol. The first-order valence-corrected chi connectivity index (χ1v) is 35.2. The normalized spacial score (nSPS) is 12.0. The van der Waals surface area contributed by atoms with E-state index < -0.39 is 6.10 Å². The van der Waals surface area contributed by atoms with Gasteiger partial charge in [-0.05, 0) is 44.9 Å². The van der Waals surface area contributed by atoms with Crippen molar-refractivity contribution in [2.45, 2.75) is 412 Å². The summed E-state index contributed by atoms with van der Waals surface area (Å²) < 4.78 is 17.0. The number of allylic oxidation sites excluding steroid dienone is 2. The Balaban J connectivity index is 4.22. The highest BCUT2D eigenvalue weighted by Crippen LogP contribution is 2.19. The van der Waals surface area contributed by atoms with E-state index in [0.717, 1.165) is 57.8 Å². The largest absolute Gasteiger partial charge is 0.462 e. The van der Waals surface area contributed by atoms with Crippen molar-refractivity contribution in [2.75, 3.05) is 13.2 Å². The number of carbonyl (C=O) groups excluding carboxylic acids is 3. The highest BCUT2D eigenvalue weighted by molar-refractivity contribution is 5.71. The van der Waals surface area contributed by atoms with E-state index in [-0.39, 0.29) is 31.1 Å². The summed E-state index contributed by atoms with van der Waals surface area (Å²) in [4.78, 5) is 38.4. The monoisotopic (exact) mass is 1090 g/mol. The smallest absolute Gasteiger partial charge is 0.306 e. The zero-order valence-corrected chi connectivity index (χ0v) is 52.5. The van der Waals surface area contributed by atoms with E-state index in [1.807, 2.05) is 0 Å². The Bertz CT molecular complexity index is 1200. The molecule has 0 rings (SSSR count). The van der Waals surface area contributed by atoms with Gasteiger partial charge in [-0.15, -0.1) is 0 Å². The average Bonchev–Trinajstić information content (AvgIpc) is 3.43. The fraction of sp³-hybridized carbons (Fsp3) is 0.930. The first-order chi connectivity index (χ1) is 38.0. The molecule has 1 atom stereocenters. The minimum Gasteiger partial charge on any atom is -0.462 e. The lowest BCUT2D eigenvalue weighted by atomic mass is 10.0. The Morgan fingerprint density at radius 1 is 0.247 bits per heavy atom. The molecular formula is C71H136O6. The van der Waals surface area contributed by atoms with Crippen molar-refractivity contribution in [1.82, 2.24) is 0 Å². The summed E-state index contributed by atoms with van der Waals surface area (Å²) in [7, 11) is 0. The van der Waals surface area contributed by atoms with Gasteiger partial charge in [-0.1, -0.05) is 354 Å². The molecule has 0 saturated heterocycles. The van der Waals surface area contributed by atoms with Crippen LogP contribution in [0.1, 0.15) is 406 Å². The van der Waals surface area contributed by atoms with E-state index in [9.17, 15) is 14.4 Å². The molecule has 456 valence electrons. The zero-order valence-electron chi connectivity index (χ0n) is 52.5. The van der Waals surface area contributed by atoms with Crippen LogP contribution in [0.25, 0.3) is 0 Å². The summed E-state index contributed by atoms with van der Waals surface area (Å²) in [6.45, 7) is 6.73. The quantitative estimate of drug-likeness (QED) is 0.0261. The van der Waals surface area contributed by atoms with E-state index in [0.29, 0.717) is 19.3 Å². The lowest BCUT2D eigenvalue weighted by Gasteiger charge is -2.18. The molecule has 77 heavy (non-hydrogen) atoms. The summed E-state index contributed by atoms with van der Waals surface area (Å²) in [6, 6.07) is 0. The summed E-state index contributed by atoms with van der Waals surface area (Å²) >= 11 is 0. The van der Waals surface area contributed by atoms with E-state index >= 15 is 0 Å². The molecule has 0 aliphatic rings. The third-order valence-electron chi connectivity index (χ3n) is 16.3. The fourth-order valence-electron chi connectivity index (χ4n) is 11.0. The SMILES string of the molecule is CCCCCCCCCC/C=C\CCCCCCCCCCCCCCCC(=O)OCC(COC(=O)CCCCCCCCCCCCCCCC)OC(=O)CCCCCCCCCCCCCCCCCCCCCC. The fourth-order valence-corrected chi connectivity index (χ4v) is 11.0. The van der Waals surface area contributed by atoms with Crippen molar-refractivity contribution in [3.63, 3.8) is 0 Å². The van der Waals surface area contributed by atoms with Gasteiger partial charge in [-0.3, -0.25) is 14.4 Å². The third kappa shape index (κ3) is 64.9. The molecule has 1 unspecified atom stereocenters. The Hall–Kier alpha value is -1.85. The third-order valence-corrected chi connectivity index (χ3v) is 16.3. The molecule has 0 spiro atoms. The number of hydrogen-bond donors (Lipinski definition) is 0. The second kappa shape index (κ2) is 66.7. The Kier molecular flexibility index (Phi) is 65.1. The lowest BCUT2D eigenvalue weighted by Crippen LogP contribution is -2.30. The molecule has 6 nitrogen and oxygen atoms in total. The molecule has 0 aromatic rings. The number of esters is 3. The van der Waals surface area contributed by atoms with Crippen LogP contribution < -0.4 is 0 Å².